The third-order valence-corrected chi connectivity index (χ3v) is 0.326. The topological polar surface area (TPSA) is 35.2 Å². The Hall–Kier alpha value is -0.0851. The maximum Gasteiger partial charge on any atom is 0.591 e. The number of halogens is 1. The first-order valence-electron chi connectivity index (χ1n) is 1.78. The minimum Gasteiger partial charge on any atom is -0.394 e. The van der Waals surface area contributed by atoms with Crippen LogP contribution in [-0.2, 0) is 4.65 Å². The largest absolute Gasteiger partial charge is 0.591 e. The molecule has 0 saturated heterocycles. The predicted octanol–water partition coefficient (Wildman–Crippen LogP) is -0.0640. The van der Waals surface area contributed by atoms with E-state index in [2.05, 4.69) is 10.3 Å². The Morgan fingerprint density at radius 2 is 2.50 bits per heavy atom. The maximum absolute atomic E-state index is 11.3. The van der Waals surface area contributed by atoms with Gasteiger partial charge in [-0.2, -0.15) is 0 Å². The summed E-state index contributed by atoms with van der Waals surface area (Å²) in [4.78, 5) is 0. The lowest BCUT2D eigenvalue weighted by molar-refractivity contribution is 0.311. The predicted molar refractivity (Wildman–Crippen MR) is 22.7 cm³/mol. The molecular weight excluding hydrogens is 83.8 g/mol. The van der Waals surface area contributed by atoms with Gasteiger partial charge in [0.1, 0.15) is 0 Å². The van der Waals surface area contributed by atoms with Gasteiger partial charge in [0.2, 0.25) is 0 Å². The van der Waals surface area contributed by atoms with Crippen molar-refractivity contribution in [3.8, 4) is 0 Å². The van der Waals surface area contributed by atoms with E-state index in [1.807, 2.05) is 0 Å². The van der Waals surface area contributed by atoms with E-state index in [-0.39, 0.29) is 0 Å². The highest BCUT2D eigenvalue weighted by atomic mass is 19.1. The third kappa shape index (κ3) is 3.91. The fourth-order valence-electron chi connectivity index (χ4n) is 0.159. The molecule has 0 aliphatic heterocycles. The summed E-state index contributed by atoms with van der Waals surface area (Å²) in [6, 6.07) is 0. The third-order valence-electron chi connectivity index (χ3n) is 0.326. The second-order valence-corrected chi connectivity index (χ2v) is 0.806. The molecule has 0 amide bonds. The molecule has 0 heterocycles. The first-order valence-corrected chi connectivity index (χ1v) is 1.78. The Kier molecular flexibility index (Phi) is 3.07. The quantitative estimate of drug-likeness (QED) is 0.483. The van der Waals surface area contributed by atoms with E-state index >= 15 is 0 Å². The first-order chi connectivity index (χ1) is 2.77. The molecule has 0 spiro atoms. The second-order valence-electron chi connectivity index (χ2n) is 0.806. The van der Waals surface area contributed by atoms with Crippen molar-refractivity contribution in [3.63, 3.8) is 0 Å². The Bertz CT molecular complexity index is 34.7. The SMILES string of the molecule is CCOB(N)F. The fourth-order valence-corrected chi connectivity index (χ4v) is 0.159. The smallest absolute Gasteiger partial charge is 0.394 e. The molecule has 0 radical (unpaired) electrons. The summed E-state index contributed by atoms with van der Waals surface area (Å²) >= 11 is 0. The van der Waals surface area contributed by atoms with Crippen molar-refractivity contribution < 1.29 is 8.97 Å². The second kappa shape index (κ2) is 3.12. The van der Waals surface area contributed by atoms with Crippen molar-refractivity contribution in [1.29, 1.82) is 0 Å². The summed E-state index contributed by atoms with van der Waals surface area (Å²) in [5.41, 5.74) is 4.51. The van der Waals surface area contributed by atoms with Crippen molar-refractivity contribution in [2.45, 2.75) is 6.92 Å². The average Bonchev–Trinajstić information content (AvgIpc) is 1.35. The van der Waals surface area contributed by atoms with Crippen LogP contribution in [0.2, 0.25) is 0 Å². The van der Waals surface area contributed by atoms with E-state index in [1.165, 1.54) is 0 Å². The number of hydrogen-bond acceptors (Lipinski definition) is 2. The zero-order valence-electron chi connectivity index (χ0n) is 3.65. The monoisotopic (exact) mass is 91.1 g/mol. The van der Waals surface area contributed by atoms with Crippen LogP contribution < -0.4 is 5.64 Å². The molecule has 6 heavy (non-hydrogen) atoms. The van der Waals surface area contributed by atoms with Gasteiger partial charge in [-0.25, -0.2) is 0 Å². The van der Waals surface area contributed by atoms with Gasteiger partial charge in [-0.1, -0.05) is 0 Å². The molecule has 0 bridgehead atoms. The first kappa shape index (κ1) is 5.91. The van der Waals surface area contributed by atoms with Gasteiger partial charge in [0, 0.05) is 6.61 Å². The number of nitrogens with two attached hydrogens (primary N) is 1. The van der Waals surface area contributed by atoms with Gasteiger partial charge in [0.05, 0.1) is 0 Å². The van der Waals surface area contributed by atoms with E-state index in [4.69, 9.17) is 0 Å². The molecule has 0 aromatic rings. The number of rotatable bonds is 2. The maximum atomic E-state index is 11.3. The zero-order chi connectivity index (χ0) is 4.99. The molecular formula is C2H7BFNO. The molecule has 0 rings (SSSR count). The highest BCUT2D eigenvalue weighted by Crippen LogP contribution is 1.73. The molecule has 0 aliphatic carbocycles. The van der Waals surface area contributed by atoms with Crippen LogP contribution >= 0.6 is 0 Å². The van der Waals surface area contributed by atoms with Crippen LogP contribution in [0.4, 0.5) is 4.32 Å². The van der Waals surface area contributed by atoms with Crippen LogP contribution in [0.1, 0.15) is 6.92 Å². The lowest BCUT2D eigenvalue weighted by Gasteiger charge is -1.90. The molecule has 0 saturated carbocycles. The molecule has 0 atom stereocenters. The average molecular weight is 90.9 g/mol. The van der Waals surface area contributed by atoms with Gasteiger partial charge in [-0.15, -0.1) is 0 Å². The van der Waals surface area contributed by atoms with Crippen molar-refractivity contribution in [1.82, 2.24) is 0 Å². The van der Waals surface area contributed by atoms with Gasteiger partial charge >= 0.3 is 7.33 Å². The highest BCUT2D eigenvalue weighted by Gasteiger charge is 2.03. The van der Waals surface area contributed by atoms with E-state index < -0.39 is 7.33 Å². The highest BCUT2D eigenvalue weighted by molar-refractivity contribution is 6.39. The minimum absolute atomic E-state index is 0.331. The lowest BCUT2D eigenvalue weighted by atomic mass is 10.2. The Balaban J connectivity index is 2.63. The van der Waals surface area contributed by atoms with Gasteiger partial charge in [-0.05, 0) is 6.92 Å². The van der Waals surface area contributed by atoms with Gasteiger partial charge in [-0.3, -0.25) is 4.32 Å². The van der Waals surface area contributed by atoms with Gasteiger partial charge in [0.25, 0.3) is 0 Å². The molecule has 0 unspecified atom stereocenters. The summed E-state index contributed by atoms with van der Waals surface area (Å²) in [6.45, 7) is 2.01. The Morgan fingerprint density at radius 3 is 2.50 bits per heavy atom. The molecule has 0 aromatic heterocycles. The van der Waals surface area contributed by atoms with E-state index in [0.29, 0.717) is 6.61 Å². The molecule has 36 valence electrons. The summed E-state index contributed by atoms with van der Waals surface area (Å²) < 4.78 is 15.4. The van der Waals surface area contributed by atoms with Crippen LogP contribution in [-0.4, -0.2) is 13.9 Å². The van der Waals surface area contributed by atoms with Gasteiger partial charge < -0.3 is 10.3 Å². The summed E-state index contributed by atoms with van der Waals surface area (Å²) in [5, 5.41) is 0. The zero-order valence-corrected chi connectivity index (χ0v) is 3.65. The standard InChI is InChI=1S/C2H7BFNO/c1-2-6-3(4)5/h2,5H2,1H3. The van der Waals surface area contributed by atoms with Crippen LogP contribution in [0, 0.1) is 0 Å². The van der Waals surface area contributed by atoms with E-state index in [1.54, 1.807) is 6.92 Å². The molecule has 0 aromatic carbocycles. The molecule has 2 nitrogen and oxygen atoms in total. The Morgan fingerprint density at radius 1 is 2.00 bits per heavy atom. The van der Waals surface area contributed by atoms with E-state index in [0.717, 1.165) is 0 Å². The van der Waals surface area contributed by atoms with Crippen molar-refractivity contribution in [2.75, 3.05) is 6.61 Å². The summed E-state index contributed by atoms with van der Waals surface area (Å²) in [5.74, 6) is 0. The van der Waals surface area contributed by atoms with Crippen LogP contribution in [0.15, 0.2) is 0 Å². The van der Waals surface area contributed by atoms with Crippen LogP contribution in [0.5, 0.6) is 0 Å². The summed E-state index contributed by atoms with van der Waals surface area (Å²) in [6.07, 6.45) is 0. The van der Waals surface area contributed by atoms with Crippen molar-refractivity contribution >= 4 is 7.33 Å². The Labute approximate surface area is 36.7 Å². The van der Waals surface area contributed by atoms with Crippen LogP contribution in [0.3, 0.4) is 0 Å². The van der Waals surface area contributed by atoms with Crippen molar-refractivity contribution in [2.24, 2.45) is 5.64 Å². The molecule has 4 heteroatoms. The van der Waals surface area contributed by atoms with Crippen molar-refractivity contribution in [3.05, 3.63) is 0 Å². The van der Waals surface area contributed by atoms with E-state index in [9.17, 15) is 4.32 Å². The molecule has 0 fully saturated rings. The minimum atomic E-state index is -1.60. The normalized spacial score (nSPS) is 8.50. The number of hydrogen-bond donors (Lipinski definition) is 1. The summed E-state index contributed by atoms with van der Waals surface area (Å²) in [7, 11) is -1.60. The molecule has 0 aliphatic rings. The lowest BCUT2D eigenvalue weighted by Crippen LogP contribution is -2.23. The molecule has 2 N–H and O–H groups in total. The van der Waals surface area contributed by atoms with Gasteiger partial charge in [0.15, 0.2) is 0 Å². The van der Waals surface area contributed by atoms with Crippen LogP contribution in [0.25, 0.3) is 0 Å². The fraction of sp³-hybridized carbons (Fsp3) is 1.00.